The molecule has 5 heteroatoms. The van der Waals surface area contributed by atoms with Gasteiger partial charge in [0.25, 0.3) is 0 Å². The first kappa shape index (κ1) is 25.7. The minimum atomic E-state index is -0.405. The Hall–Kier alpha value is -2.56. The van der Waals surface area contributed by atoms with E-state index in [0.29, 0.717) is 18.9 Å². The van der Waals surface area contributed by atoms with Crippen molar-refractivity contribution in [1.82, 2.24) is 4.98 Å². The molecule has 5 nitrogen and oxygen atoms in total. The number of nitrogens with zero attached hydrogens (tertiary/aromatic N) is 1. The molecule has 1 aromatic heterocycles. The Morgan fingerprint density at radius 2 is 1.47 bits per heavy atom. The summed E-state index contributed by atoms with van der Waals surface area (Å²) in [7, 11) is 0. The fourth-order valence-corrected chi connectivity index (χ4v) is 3.55. The standard InChI is InChI=1S/C27H40N2O3/c1-2-3-4-5-6-7-8-9-10-11-12-13-21-31-27(30)29-25-16-18-26(19-17-25)32-23-24-15-14-20-28-22-24/h14-20,22H,2-13,21,23H2,1H3,(H,29,30). The zero-order chi connectivity index (χ0) is 22.7. The third-order valence-corrected chi connectivity index (χ3v) is 5.46. The summed E-state index contributed by atoms with van der Waals surface area (Å²) in [5.74, 6) is 0.740. The van der Waals surface area contributed by atoms with E-state index >= 15 is 0 Å². The fraction of sp³-hybridized carbons (Fsp3) is 0.556. The third kappa shape index (κ3) is 12.3. The van der Waals surface area contributed by atoms with Crippen molar-refractivity contribution in [3.8, 4) is 5.75 Å². The molecule has 2 rings (SSSR count). The number of unbranched alkanes of at least 4 members (excludes halogenated alkanes) is 11. The normalized spacial score (nSPS) is 10.7. The molecular formula is C27H40N2O3. The van der Waals surface area contributed by atoms with Gasteiger partial charge in [0.15, 0.2) is 0 Å². The zero-order valence-electron chi connectivity index (χ0n) is 19.7. The summed E-state index contributed by atoms with van der Waals surface area (Å²) < 4.78 is 11.0. The Morgan fingerprint density at radius 1 is 0.844 bits per heavy atom. The zero-order valence-corrected chi connectivity index (χ0v) is 19.7. The number of carbonyl (C=O) groups excluding carboxylic acids is 1. The first-order valence-corrected chi connectivity index (χ1v) is 12.3. The molecular weight excluding hydrogens is 400 g/mol. The smallest absolute Gasteiger partial charge is 0.411 e. The largest absolute Gasteiger partial charge is 0.489 e. The summed E-state index contributed by atoms with van der Waals surface area (Å²) in [6.45, 7) is 3.19. The van der Waals surface area contributed by atoms with Crippen LogP contribution in [-0.2, 0) is 11.3 Å². The van der Waals surface area contributed by atoms with Crippen LogP contribution in [0.2, 0.25) is 0 Å². The number of hydrogen-bond acceptors (Lipinski definition) is 4. The van der Waals surface area contributed by atoms with Gasteiger partial charge in [-0.25, -0.2) is 4.79 Å². The van der Waals surface area contributed by atoms with Gasteiger partial charge in [-0.2, -0.15) is 0 Å². The van der Waals surface area contributed by atoms with Crippen LogP contribution in [0.25, 0.3) is 0 Å². The summed E-state index contributed by atoms with van der Waals surface area (Å²) in [6, 6.07) is 11.1. The van der Waals surface area contributed by atoms with Crippen LogP contribution < -0.4 is 10.1 Å². The molecule has 0 spiro atoms. The topological polar surface area (TPSA) is 60.5 Å². The summed E-state index contributed by atoms with van der Waals surface area (Å²) in [5.41, 5.74) is 1.70. The lowest BCUT2D eigenvalue weighted by Gasteiger charge is -2.09. The van der Waals surface area contributed by atoms with Crippen LogP contribution in [0.5, 0.6) is 5.75 Å². The van der Waals surface area contributed by atoms with Crippen molar-refractivity contribution in [3.63, 3.8) is 0 Å². The number of ether oxygens (including phenoxy) is 2. The molecule has 0 aliphatic rings. The molecule has 0 unspecified atom stereocenters. The molecule has 1 heterocycles. The number of hydrogen-bond donors (Lipinski definition) is 1. The van der Waals surface area contributed by atoms with Crippen molar-refractivity contribution in [2.75, 3.05) is 11.9 Å². The summed E-state index contributed by atoms with van der Waals surface area (Å²) >= 11 is 0. The average molecular weight is 441 g/mol. The molecule has 0 atom stereocenters. The van der Waals surface area contributed by atoms with E-state index in [1.54, 1.807) is 12.4 Å². The van der Waals surface area contributed by atoms with E-state index in [-0.39, 0.29) is 0 Å². The van der Waals surface area contributed by atoms with E-state index < -0.39 is 6.09 Å². The molecule has 176 valence electrons. The molecule has 0 aliphatic heterocycles. The van der Waals surface area contributed by atoms with E-state index in [1.165, 1.54) is 64.2 Å². The summed E-state index contributed by atoms with van der Waals surface area (Å²) in [5, 5.41) is 2.76. The number of amides is 1. The van der Waals surface area contributed by atoms with Gasteiger partial charge < -0.3 is 9.47 Å². The number of carbonyl (C=O) groups is 1. The Labute approximate surface area is 193 Å². The second kappa shape index (κ2) is 17.0. The second-order valence-electron chi connectivity index (χ2n) is 8.32. The van der Waals surface area contributed by atoms with Crippen LogP contribution in [0.1, 0.15) is 89.5 Å². The van der Waals surface area contributed by atoms with E-state index in [4.69, 9.17) is 9.47 Å². The molecule has 0 saturated carbocycles. The van der Waals surface area contributed by atoms with E-state index in [1.807, 2.05) is 36.4 Å². The minimum absolute atomic E-state index is 0.405. The monoisotopic (exact) mass is 440 g/mol. The molecule has 1 amide bonds. The maximum absolute atomic E-state index is 11.9. The van der Waals surface area contributed by atoms with Gasteiger partial charge in [-0.1, -0.05) is 83.6 Å². The average Bonchev–Trinajstić information content (AvgIpc) is 2.82. The highest BCUT2D eigenvalue weighted by Gasteiger charge is 2.04. The first-order valence-electron chi connectivity index (χ1n) is 12.3. The highest BCUT2D eigenvalue weighted by Crippen LogP contribution is 2.17. The lowest BCUT2D eigenvalue weighted by molar-refractivity contribution is 0.159. The molecule has 0 saturated heterocycles. The molecule has 32 heavy (non-hydrogen) atoms. The van der Waals surface area contributed by atoms with Crippen LogP contribution in [0.3, 0.4) is 0 Å². The predicted molar refractivity (Wildman–Crippen MR) is 131 cm³/mol. The van der Waals surface area contributed by atoms with Crippen molar-refractivity contribution in [2.45, 2.75) is 90.6 Å². The van der Waals surface area contributed by atoms with E-state index in [9.17, 15) is 4.79 Å². The van der Waals surface area contributed by atoms with Gasteiger partial charge in [-0.15, -0.1) is 0 Å². The molecule has 0 fully saturated rings. The lowest BCUT2D eigenvalue weighted by Crippen LogP contribution is -2.14. The predicted octanol–water partition coefficient (Wildman–Crippen LogP) is 7.91. The van der Waals surface area contributed by atoms with Crippen LogP contribution in [0.4, 0.5) is 10.5 Å². The van der Waals surface area contributed by atoms with Crippen LogP contribution >= 0.6 is 0 Å². The summed E-state index contributed by atoms with van der Waals surface area (Å²) in [4.78, 5) is 16.0. The Balaban J connectivity index is 1.44. The maximum Gasteiger partial charge on any atom is 0.411 e. The van der Waals surface area contributed by atoms with E-state index in [2.05, 4.69) is 17.2 Å². The van der Waals surface area contributed by atoms with Gasteiger partial charge in [0.05, 0.1) is 6.61 Å². The van der Waals surface area contributed by atoms with Crippen molar-refractivity contribution >= 4 is 11.8 Å². The number of benzene rings is 1. The number of aromatic nitrogens is 1. The Morgan fingerprint density at radius 3 is 2.06 bits per heavy atom. The summed E-state index contributed by atoms with van der Waals surface area (Å²) in [6.07, 6.45) is 18.6. The highest BCUT2D eigenvalue weighted by molar-refractivity contribution is 5.84. The van der Waals surface area contributed by atoms with Gasteiger partial charge in [0, 0.05) is 23.6 Å². The van der Waals surface area contributed by atoms with Gasteiger partial charge >= 0.3 is 6.09 Å². The second-order valence-corrected chi connectivity index (χ2v) is 8.32. The lowest BCUT2D eigenvalue weighted by atomic mass is 10.1. The number of nitrogens with one attached hydrogen (secondary N) is 1. The molecule has 0 bridgehead atoms. The third-order valence-electron chi connectivity index (χ3n) is 5.46. The fourth-order valence-electron chi connectivity index (χ4n) is 3.55. The molecule has 1 N–H and O–H groups in total. The van der Waals surface area contributed by atoms with Gasteiger partial charge in [0.2, 0.25) is 0 Å². The van der Waals surface area contributed by atoms with E-state index in [0.717, 1.165) is 24.2 Å². The van der Waals surface area contributed by atoms with Crippen LogP contribution in [0.15, 0.2) is 48.8 Å². The Bertz CT molecular complexity index is 719. The van der Waals surface area contributed by atoms with Gasteiger partial charge in [-0.3, -0.25) is 10.3 Å². The van der Waals surface area contributed by atoms with Crippen molar-refractivity contribution in [3.05, 3.63) is 54.4 Å². The molecule has 2 aromatic rings. The van der Waals surface area contributed by atoms with Crippen LogP contribution in [0, 0.1) is 0 Å². The maximum atomic E-state index is 11.9. The molecule has 0 radical (unpaired) electrons. The minimum Gasteiger partial charge on any atom is -0.489 e. The highest BCUT2D eigenvalue weighted by atomic mass is 16.5. The molecule has 1 aromatic carbocycles. The first-order chi connectivity index (χ1) is 15.8. The number of pyridine rings is 1. The van der Waals surface area contributed by atoms with Crippen molar-refractivity contribution in [1.29, 1.82) is 0 Å². The van der Waals surface area contributed by atoms with Crippen molar-refractivity contribution in [2.24, 2.45) is 0 Å². The quantitative estimate of drug-likeness (QED) is 0.254. The van der Waals surface area contributed by atoms with Crippen LogP contribution in [-0.4, -0.2) is 17.7 Å². The Kier molecular flexibility index (Phi) is 13.7. The SMILES string of the molecule is CCCCCCCCCCCCCCOC(=O)Nc1ccc(OCc2cccnc2)cc1. The molecule has 0 aliphatic carbocycles. The van der Waals surface area contributed by atoms with Crippen molar-refractivity contribution < 1.29 is 14.3 Å². The number of rotatable bonds is 17. The number of anilines is 1. The van der Waals surface area contributed by atoms with Gasteiger partial charge in [-0.05, 0) is 36.8 Å². The van der Waals surface area contributed by atoms with Gasteiger partial charge in [0.1, 0.15) is 12.4 Å².